The number of morpholine rings is 1. The lowest BCUT2D eigenvalue weighted by atomic mass is 9.52. The lowest BCUT2D eigenvalue weighted by Crippen LogP contribution is -2.55. The second kappa shape index (κ2) is 7.46. The summed E-state index contributed by atoms with van der Waals surface area (Å²) in [6, 6.07) is 0.221. The first-order chi connectivity index (χ1) is 16.5. The number of aliphatic hydroxyl groups is 1. The summed E-state index contributed by atoms with van der Waals surface area (Å²) in [4.78, 5) is 32.1. The van der Waals surface area contributed by atoms with Crippen LogP contribution in [0.5, 0.6) is 0 Å². The topological polar surface area (TPSA) is 97.6 Å². The maximum atomic E-state index is 13.0. The van der Waals surface area contributed by atoms with E-state index in [-0.39, 0.29) is 12.5 Å². The zero-order valence-corrected chi connectivity index (χ0v) is 19.3. The maximum absolute atomic E-state index is 13.0. The number of allylic oxidation sites excluding steroid dienone is 1. The van der Waals surface area contributed by atoms with E-state index in [1.807, 2.05) is 6.20 Å². The summed E-state index contributed by atoms with van der Waals surface area (Å²) >= 11 is 0. The minimum absolute atomic E-state index is 0.0154. The molecular weight excluding hydrogens is 432 g/mol. The van der Waals surface area contributed by atoms with E-state index in [4.69, 9.17) is 9.84 Å². The van der Waals surface area contributed by atoms with Gasteiger partial charge in [0.05, 0.1) is 48.2 Å². The molecule has 3 heterocycles. The van der Waals surface area contributed by atoms with Crippen molar-refractivity contribution in [1.29, 1.82) is 0 Å². The van der Waals surface area contributed by atoms with Crippen molar-refractivity contribution in [1.82, 2.24) is 19.7 Å². The van der Waals surface area contributed by atoms with E-state index in [2.05, 4.69) is 21.8 Å². The molecule has 0 spiro atoms. The Bertz CT molecular complexity index is 1210. The molecule has 0 radical (unpaired) electrons. The van der Waals surface area contributed by atoms with E-state index < -0.39 is 17.3 Å². The third-order valence-corrected chi connectivity index (χ3v) is 8.87. The van der Waals surface area contributed by atoms with E-state index in [0.29, 0.717) is 49.8 Å². The Morgan fingerprint density at radius 2 is 1.91 bits per heavy atom. The number of nitrogens with zero attached hydrogens (tertiary/aromatic N) is 4. The van der Waals surface area contributed by atoms with Crippen molar-refractivity contribution < 1.29 is 19.4 Å². The fourth-order valence-corrected chi connectivity index (χ4v) is 7.74. The summed E-state index contributed by atoms with van der Waals surface area (Å²) in [6.45, 7) is 1.85. The Kier molecular flexibility index (Phi) is 4.55. The molecule has 4 saturated carbocycles. The van der Waals surface area contributed by atoms with Gasteiger partial charge in [-0.2, -0.15) is 5.10 Å². The standard InChI is InChI=1S/C26H30N4O4/c31-22(25(32)29-4-6-34-7-5-29)10-21-19-14-27-20-3-1-2-18(20)24(19)30(28-21)23-16-8-15-9-17(23)13-26(33,11-15)12-16/h1-2,14-17,23,33H,3-13H2/t15?,16-,17+,23?,26?. The summed E-state index contributed by atoms with van der Waals surface area (Å²) in [5.41, 5.74) is 3.31. The molecule has 2 aromatic rings. The molecule has 178 valence electrons. The highest BCUT2D eigenvalue weighted by Crippen LogP contribution is 2.60. The highest BCUT2D eigenvalue weighted by molar-refractivity contribution is 6.36. The first kappa shape index (κ1) is 20.8. The van der Waals surface area contributed by atoms with Crippen molar-refractivity contribution in [2.24, 2.45) is 17.8 Å². The number of carbonyl (C=O) groups excluding carboxylic acids is 2. The summed E-state index contributed by atoms with van der Waals surface area (Å²) < 4.78 is 7.49. The van der Waals surface area contributed by atoms with Gasteiger partial charge in [-0.1, -0.05) is 12.2 Å². The Hall–Kier alpha value is -2.58. The van der Waals surface area contributed by atoms with Gasteiger partial charge < -0.3 is 14.7 Å². The Morgan fingerprint density at radius 3 is 2.65 bits per heavy atom. The fraction of sp³-hybridized carbons (Fsp3) is 0.615. The molecule has 1 saturated heterocycles. The number of ketones is 1. The number of hydrogen-bond donors (Lipinski definition) is 1. The zero-order chi connectivity index (χ0) is 23.0. The summed E-state index contributed by atoms with van der Waals surface area (Å²) in [5, 5.41) is 17.0. The largest absolute Gasteiger partial charge is 0.390 e. The van der Waals surface area contributed by atoms with Crippen LogP contribution in [0.25, 0.3) is 17.0 Å². The molecule has 5 atom stereocenters. The molecule has 1 N–H and O–H groups in total. The van der Waals surface area contributed by atoms with Crippen LogP contribution in [-0.4, -0.2) is 68.4 Å². The molecule has 3 unspecified atom stereocenters. The minimum atomic E-state index is -0.511. The molecule has 34 heavy (non-hydrogen) atoms. The summed E-state index contributed by atoms with van der Waals surface area (Å²) in [6.07, 6.45) is 11.8. The van der Waals surface area contributed by atoms with Gasteiger partial charge in [0, 0.05) is 36.7 Å². The van der Waals surface area contributed by atoms with Crippen LogP contribution in [0.3, 0.4) is 0 Å². The third-order valence-electron chi connectivity index (χ3n) is 8.87. The number of hydrogen-bond acceptors (Lipinski definition) is 6. The number of rotatable bonds is 4. The molecule has 6 aliphatic rings. The Labute approximate surface area is 198 Å². The number of Topliss-reactive ketones (excluding diaryl/α,β-unsaturated/α-hetero) is 1. The Morgan fingerprint density at radius 1 is 1.15 bits per heavy atom. The number of aromatic nitrogens is 3. The summed E-state index contributed by atoms with van der Waals surface area (Å²) in [7, 11) is 0. The second-order valence-corrected chi connectivity index (χ2v) is 11.1. The quantitative estimate of drug-likeness (QED) is 0.699. The zero-order valence-electron chi connectivity index (χ0n) is 19.3. The minimum Gasteiger partial charge on any atom is -0.390 e. The van der Waals surface area contributed by atoms with Crippen molar-refractivity contribution in [3.8, 4) is 0 Å². The third kappa shape index (κ3) is 3.11. The molecule has 4 bridgehead atoms. The average Bonchev–Trinajstić information content (AvgIpc) is 3.42. The van der Waals surface area contributed by atoms with Crippen molar-refractivity contribution >= 4 is 28.7 Å². The first-order valence-corrected chi connectivity index (χ1v) is 12.7. The number of ether oxygens (including phenoxy) is 1. The first-order valence-electron chi connectivity index (χ1n) is 12.7. The average molecular weight is 463 g/mol. The van der Waals surface area contributed by atoms with Gasteiger partial charge in [-0.25, -0.2) is 0 Å². The molecule has 1 aliphatic heterocycles. The second-order valence-electron chi connectivity index (χ2n) is 11.1. The van der Waals surface area contributed by atoms with E-state index in [1.165, 1.54) is 0 Å². The fourth-order valence-electron chi connectivity index (χ4n) is 7.74. The monoisotopic (exact) mass is 462 g/mol. The Balaban J connectivity index is 1.28. The molecule has 0 aromatic carbocycles. The van der Waals surface area contributed by atoms with E-state index in [9.17, 15) is 14.7 Å². The normalized spacial score (nSPS) is 33.6. The number of carbonyl (C=O) groups is 2. The van der Waals surface area contributed by atoms with Crippen LogP contribution in [0, 0.1) is 17.8 Å². The van der Waals surface area contributed by atoms with Crippen LogP contribution >= 0.6 is 0 Å². The highest BCUT2D eigenvalue weighted by Gasteiger charge is 2.56. The molecule has 5 fully saturated rings. The predicted molar refractivity (Wildman–Crippen MR) is 124 cm³/mol. The van der Waals surface area contributed by atoms with Crippen LogP contribution in [-0.2, 0) is 27.2 Å². The molecule has 8 rings (SSSR count). The van der Waals surface area contributed by atoms with E-state index in [1.54, 1.807) is 4.90 Å². The lowest BCUT2D eigenvalue weighted by Gasteiger charge is -2.58. The number of pyridine rings is 1. The SMILES string of the molecule is O=C(Cc1nn(C2[C@@H]3CC4C[C@H]2CC(O)(C4)C3)c2c3c(ncc12)CC=C3)C(=O)N1CCOCC1. The van der Waals surface area contributed by atoms with Crippen LogP contribution in [0.1, 0.15) is 55.1 Å². The van der Waals surface area contributed by atoms with Crippen LogP contribution < -0.4 is 0 Å². The molecular formula is C26H30N4O4. The molecule has 8 nitrogen and oxygen atoms in total. The van der Waals surface area contributed by atoms with Gasteiger partial charge in [0.15, 0.2) is 0 Å². The predicted octanol–water partition coefficient (Wildman–Crippen LogP) is 2.08. The van der Waals surface area contributed by atoms with Crippen molar-refractivity contribution in [2.75, 3.05) is 26.3 Å². The number of amides is 1. The van der Waals surface area contributed by atoms with Crippen LogP contribution in [0.4, 0.5) is 0 Å². The van der Waals surface area contributed by atoms with Gasteiger partial charge in [-0.15, -0.1) is 0 Å². The van der Waals surface area contributed by atoms with Crippen molar-refractivity contribution in [3.05, 3.63) is 29.2 Å². The molecule has 8 heteroatoms. The van der Waals surface area contributed by atoms with Crippen molar-refractivity contribution in [3.63, 3.8) is 0 Å². The molecule has 2 aromatic heterocycles. The van der Waals surface area contributed by atoms with Gasteiger partial charge in [-0.3, -0.25) is 19.3 Å². The van der Waals surface area contributed by atoms with Gasteiger partial charge in [0.1, 0.15) is 0 Å². The maximum Gasteiger partial charge on any atom is 0.290 e. The number of fused-ring (bicyclic) bond motifs is 3. The van der Waals surface area contributed by atoms with Gasteiger partial charge >= 0.3 is 0 Å². The molecule has 1 amide bonds. The smallest absolute Gasteiger partial charge is 0.290 e. The van der Waals surface area contributed by atoms with Crippen LogP contribution in [0.2, 0.25) is 0 Å². The highest BCUT2D eigenvalue weighted by atomic mass is 16.5. The van der Waals surface area contributed by atoms with E-state index >= 15 is 0 Å². The van der Waals surface area contributed by atoms with E-state index in [0.717, 1.165) is 60.7 Å². The van der Waals surface area contributed by atoms with Gasteiger partial charge in [0.25, 0.3) is 5.91 Å². The molecule has 5 aliphatic carbocycles. The van der Waals surface area contributed by atoms with Gasteiger partial charge in [0.2, 0.25) is 5.78 Å². The summed E-state index contributed by atoms with van der Waals surface area (Å²) in [5.74, 6) is 0.528. The van der Waals surface area contributed by atoms with Gasteiger partial charge in [-0.05, 0) is 49.9 Å². The van der Waals surface area contributed by atoms with Crippen LogP contribution in [0.15, 0.2) is 12.3 Å². The lowest BCUT2D eigenvalue weighted by molar-refractivity contribution is -0.148. The van der Waals surface area contributed by atoms with Crippen molar-refractivity contribution in [2.45, 2.75) is 56.6 Å².